The first kappa shape index (κ1) is 18.4. The van der Waals surface area contributed by atoms with Crippen LogP contribution in [0.1, 0.15) is 0 Å². The van der Waals surface area contributed by atoms with Crippen LogP contribution in [0.2, 0.25) is 0 Å². The molecule has 0 heterocycles. The van der Waals surface area contributed by atoms with Crippen molar-refractivity contribution in [1.82, 2.24) is 0 Å². The molecule has 7 heteroatoms. The van der Waals surface area contributed by atoms with E-state index in [1.807, 2.05) is 0 Å². The Labute approximate surface area is 84.8 Å². The molecular weight excluding hydrogens is 278 g/mol. The Kier molecular flexibility index (Phi) is 14.8. The van der Waals surface area contributed by atoms with Gasteiger partial charge in [-0.25, -0.2) is 0 Å². The zero-order valence-electron chi connectivity index (χ0n) is 6.42. The van der Waals surface area contributed by atoms with Gasteiger partial charge < -0.3 is 11.0 Å². The molecular formula is C5H13O6Sb-2. The summed E-state index contributed by atoms with van der Waals surface area (Å²) in [5.41, 5.74) is -0.868. The van der Waals surface area contributed by atoms with Gasteiger partial charge in [-0.1, -0.05) is 0 Å². The molecule has 0 aromatic carbocycles. The summed E-state index contributed by atoms with van der Waals surface area (Å²) < 4.78 is 4.75. The molecule has 0 saturated heterocycles. The second kappa shape index (κ2) is 9.66. The summed E-state index contributed by atoms with van der Waals surface area (Å²) in [6.07, 6.45) is 0. The summed E-state index contributed by atoms with van der Waals surface area (Å²) in [6, 6.07) is 0. The molecule has 0 amide bonds. The summed E-state index contributed by atoms with van der Waals surface area (Å²) in [5.74, 6) is 0. The largest absolute Gasteiger partial charge is 0.870 e. The van der Waals surface area contributed by atoms with Gasteiger partial charge in [0.25, 0.3) is 0 Å². The van der Waals surface area contributed by atoms with Gasteiger partial charge in [0.1, 0.15) is 0 Å². The smallest absolute Gasteiger partial charge is 0.870 e. The normalized spacial score (nSPS) is 10.0. The van der Waals surface area contributed by atoms with E-state index >= 15 is 0 Å². The molecule has 0 aliphatic rings. The fourth-order valence-electron chi connectivity index (χ4n) is 0.424. The van der Waals surface area contributed by atoms with Crippen molar-refractivity contribution in [2.45, 2.75) is 0 Å². The van der Waals surface area contributed by atoms with E-state index < -0.39 is 5.41 Å². The van der Waals surface area contributed by atoms with Crippen molar-refractivity contribution in [3.63, 3.8) is 0 Å². The quantitative estimate of drug-likeness (QED) is 0.488. The number of aliphatic hydroxyl groups is 3. The molecule has 0 spiro atoms. The van der Waals surface area contributed by atoms with E-state index in [0.717, 1.165) is 23.4 Å². The molecule has 0 fully saturated rings. The summed E-state index contributed by atoms with van der Waals surface area (Å²) in [7, 11) is 0. The van der Waals surface area contributed by atoms with Crippen LogP contribution >= 0.6 is 0 Å². The van der Waals surface area contributed by atoms with Gasteiger partial charge in [-0.05, 0) is 0 Å². The maximum Gasteiger partial charge on any atom is -0.870 e. The first-order valence-electron chi connectivity index (χ1n) is 2.83. The third-order valence-corrected chi connectivity index (χ3v) is 1.75. The minimum Gasteiger partial charge on any atom is -0.870 e. The van der Waals surface area contributed by atoms with Crippen LogP contribution in [0.3, 0.4) is 0 Å². The predicted octanol–water partition coefficient (Wildman–Crippen LogP) is -2.30. The van der Waals surface area contributed by atoms with Gasteiger partial charge in [0, 0.05) is 0 Å². The van der Waals surface area contributed by atoms with E-state index in [0.29, 0.717) is 0 Å². The Morgan fingerprint density at radius 2 is 1.33 bits per heavy atom. The fraction of sp³-hybridized carbons (Fsp3) is 1.00. The zero-order valence-corrected chi connectivity index (χ0v) is 8.97. The Morgan fingerprint density at radius 1 is 1.00 bits per heavy atom. The minimum absolute atomic E-state index is 0. The molecule has 0 aromatic heterocycles. The van der Waals surface area contributed by atoms with Gasteiger partial charge >= 0.3 is 73.6 Å². The fourth-order valence-corrected chi connectivity index (χ4v) is 1.21. The third kappa shape index (κ3) is 5.26. The summed E-state index contributed by atoms with van der Waals surface area (Å²) in [4.78, 5) is 0. The zero-order chi connectivity index (χ0) is 8.04. The molecule has 0 aromatic rings. The number of aliphatic hydroxyl groups excluding tert-OH is 3. The van der Waals surface area contributed by atoms with Gasteiger partial charge in [0.05, 0.1) is 0 Å². The first-order valence-corrected chi connectivity index (χ1v) is 3.88. The predicted molar refractivity (Wildman–Crippen MR) is 39.3 cm³/mol. The maximum atomic E-state index is 8.71. The molecule has 0 atom stereocenters. The van der Waals surface area contributed by atoms with Gasteiger partial charge in [0.15, 0.2) is 0 Å². The van der Waals surface area contributed by atoms with Crippen molar-refractivity contribution >= 4 is 23.4 Å². The Morgan fingerprint density at radius 3 is 1.42 bits per heavy atom. The van der Waals surface area contributed by atoms with Gasteiger partial charge in [0.2, 0.25) is 0 Å². The molecule has 0 unspecified atom stereocenters. The van der Waals surface area contributed by atoms with Crippen LogP contribution in [0, 0.1) is 5.41 Å². The molecule has 6 nitrogen and oxygen atoms in total. The minimum atomic E-state index is -0.868. The Bertz CT molecular complexity index is 77.7. The summed E-state index contributed by atoms with van der Waals surface area (Å²) in [6.45, 7) is -0.601. The van der Waals surface area contributed by atoms with E-state index in [9.17, 15) is 0 Å². The third-order valence-electron chi connectivity index (χ3n) is 1.38. The average Bonchev–Trinajstić information content (AvgIpc) is 2.01. The molecule has 0 bridgehead atoms. The van der Waals surface area contributed by atoms with Crippen LogP contribution in [0.25, 0.3) is 0 Å². The van der Waals surface area contributed by atoms with Crippen molar-refractivity contribution in [3.05, 3.63) is 0 Å². The average molecular weight is 291 g/mol. The van der Waals surface area contributed by atoms with Crippen molar-refractivity contribution in [1.29, 1.82) is 0 Å². The number of hydrogen-bond acceptors (Lipinski definition) is 6. The van der Waals surface area contributed by atoms with Crippen LogP contribution in [0.5, 0.6) is 0 Å². The molecule has 12 heavy (non-hydrogen) atoms. The van der Waals surface area contributed by atoms with Gasteiger partial charge in [-0.2, -0.15) is 0 Å². The topological polar surface area (TPSA) is 130 Å². The molecule has 0 aliphatic carbocycles. The van der Waals surface area contributed by atoms with Gasteiger partial charge in [-0.15, -0.1) is 0 Å². The van der Waals surface area contributed by atoms with Crippen LogP contribution < -0.4 is 0 Å². The number of rotatable bonds is 5. The van der Waals surface area contributed by atoms with Crippen molar-refractivity contribution in [3.8, 4) is 0 Å². The van der Waals surface area contributed by atoms with Crippen molar-refractivity contribution in [2.24, 2.45) is 5.41 Å². The second-order valence-electron chi connectivity index (χ2n) is 2.25. The monoisotopic (exact) mass is 290 g/mol. The van der Waals surface area contributed by atoms with E-state index in [-0.39, 0.29) is 37.4 Å². The van der Waals surface area contributed by atoms with Gasteiger partial charge in [-0.3, -0.25) is 0 Å². The molecule has 2 radical (unpaired) electrons. The van der Waals surface area contributed by atoms with E-state index in [4.69, 9.17) is 18.3 Å². The van der Waals surface area contributed by atoms with E-state index in [1.165, 1.54) is 0 Å². The Balaban J connectivity index is -0.000000405. The molecule has 5 N–H and O–H groups in total. The van der Waals surface area contributed by atoms with Crippen LogP contribution in [-0.4, -0.2) is 76.1 Å². The first-order chi connectivity index (χ1) is 4.74. The van der Waals surface area contributed by atoms with Crippen LogP contribution in [0.15, 0.2) is 0 Å². The van der Waals surface area contributed by atoms with E-state index in [2.05, 4.69) is 0 Å². The number of hydrogen-bond donors (Lipinski definition) is 3. The molecule has 0 rings (SSSR count). The van der Waals surface area contributed by atoms with Crippen LogP contribution in [-0.2, 0) is 3.02 Å². The molecule has 0 aliphatic heterocycles. The Hall–Kier alpha value is 0.578. The van der Waals surface area contributed by atoms with Crippen molar-refractivity contribution in [2.75, 3.05) is 26.4 Å². The van der Waals surface area contributed by atoms with Crippen LogP contribution in [0.4, 0.5) is 0 Å². The van der Waals surface area contributed by atoms with Crippen molar-refractivity contribution < 1.29 is 29.3 Å². The standard InChI is InChI=1S/C5H11O4.2H2O.Sb/c6-1-5(2-7,3-8)4-9;;;/h6-8H,1-4H2;2*1H2;/q-1;;;+1/p-2. The maximum absolute atomic E-state index is 8.71. The summed E-state index contributed by atoms with van der Waals surface area (Å²) in [5, 5.41) is 26.1. The second-order valence-corrected chi connectivity index (χ2v) is 2.98. The van der Waals surface area contributed by atoms with E-state index in [1.54, 1.807) is 0 Å². The molecule has 76 valence electrons. The summed E-state index contributed by atoms with van der Waals surface area (Å²) >= 11 is 1.13. The molecule has 0 saturated carbocycles. The SMILES string of the molecule is OCC(CO)(CO)C[O][Sb].[OH-].[OH-].